The summed E-state index contributed by atoms with van der Waals surface area (Å²) >= 11 is 0. The van der Waals surface area contributed by atoms with Crippen molar-refractivity contribution in [1.82, 2.24) is 4.90 Å². The maximum absolute atomic E-state index is 10.5. The van der Waals surface area contributed by atoms with E-state index in [-0.39, 0.29) is 0 Å². The van der Waals surface area contributed by atoms with Crippen LogP contribution in [0.1, 0.15) is 26.2 Å². The van der Waals surface area contributed by atoms with Crippen molar-refractivity contribution >= 4 is 5.97 Å². The topological polar surface area (TPSA) is 40.5 Å². The fourth-order valence-electron chi connectivity index (χ4n) is 1.77. The van der Waals surface area contributed by atoms with Gasteiger partial charge in [0.1, 0.15) is 0 Å². The molecule has 74 valence electrons. The van der Waals surface area contributed by atoms with Crippen molar-refractivity contribution < 1.29 is 9.90 Å². The minimum atomic E-state index is -0.672. The lowest BCUT2D eigenvalue weighted by Crippen LogP contribution is -2.32. The van der Waals surface area contributed by atoms with Gasteiger partial charge in [0.15, 0.2) is 0 Å². The van der Waals surface area contributed by atoms with Crippen LogP contribution in [0.4, 0.5) is 0 Å². The molecule has 0 bridgehead atoms. The van der Waals surface area contributed by atoms with Crippen molar-refractivity contribution in [1.29, 1.82) is 0 Å². The summed E-state index contributed by atoms with van der Waals surface area (Å²) in [6, 6.07) is 0. The molecule has 1 rings (SSSR count). The van der Waals surface area contributed by atoms with Crippen LogP contribution < -0.4 is 0 Å². The minimum absolute atomic E-state index is 0.323. The highest BCUT2D eigenvalue weighted by molar-refractivity contribution is 5.67. The summed E-state index contributed by atoms with van der Waals surface area (Å²) in [6.07, 6.45) is 2.29. The molecule has 0 unspecified atom stereocenters. The van der Waals surface area contributed by atoms with Crippen molar-refractivity contribution in [3.8, 4) is 0 Å². The van der Waals surface area contributed by atoms with E-state index in [1.54, 1.807) is 0 Å². The summed E-state index contributed by atoms with van der Waals surface area (Å²) in [5, 5.41) is 8.61. The Bertz CT molecular complexity index is 205. The molecule has 1 aliphatic rings. The number of nitrogens with zero attached hydrogens (tertiary/aromatic N) is 1. The van der Waals surface area contributed by atoms with Gasteiger partial charge in [-0.3, -0.25) is 4.79 Å². The molecule has 0 aromatic carbocycles. The predicted molar refractivity (Wildman–Crippen MR) is 51.4 cm³/mol. The van der Waals surface area contributed by atoms with Gasteiger partial charge in [-0.25, -0.2) is 0 Å². The predicted octanol–water partition coefficient (Wildman–Crippen LogP) is 1.71. The molecule has 1 heterocycles. The summed E-state index contributed by atoms with van der Waals surface area (Å²) < 4.78 is 0. The van der Waals surface area contributed by atoms with Gasteiger partial charge in [-0.15, -0.1) is 0 Å². The van der Waals surface area contributed by atoms with Gasteiger partial charge >= 0.3 is 5.97 Å². The van der Waals surface area contributed by atoms with Gasteiger partial charge in [0.2, 0.25) is 0 Å². The van der Waals surface area contributed by atoms with Crippen LogP contribution in [0, 0.1) is 5.92 Å². The van der Waals surface area contributed by atoms with Gasteiger partial charge in [0, 0.05) is 25.2 Å². The number of carbonyl (C=O) groups is 1. The van der Waals surface area contributed by atoms with Crippen LogP contribution in [0.5, 0.6) is 0 Å². The number of carboxylic acids is 1. The zero-order valence-electron chi connectivity index (χ0n) is 8.12. The molecule has 0 aromatic rings. The molecule has 1 fully saturated rings. The van der Waals surface area contributed by atoms with Crippen LogP contribution in [0.15, 0.2) is 12.3 Å². The molecule has 1 saturated heterocycles. The molecule has 0 saturated carbocycles. The molecular formula is C10H17NO2. The van der Waals surface area contributed by atoms with E-state index in [1.807, 2.05) is 6.92 Å². The van der Waals surface area contributed by atoms with Gasteiger partial charge in [-0.1, -0.05) is 6.58 Å². The van der Waals surface area contributed by atoms with E-state index in [2.05, 4.69) is 11.5 Å². The normalized spacial score (nSPS) is 18.7. The van der Waals surface area contributed by atoms with E-state index in [9.17, 15) is 4.79 Å². The second-order valence-corrected chi connectivity index (χ2v) is 3.76. The second-order valence-electron chi connectivity index (χ2n) is 3.76. The smallest absolute Gasteiger partial charge is 0.303 e. The fourth-order valence-corrected chi connectivity index (χ4v) is 1.77. The first-order valence-corrected chi connectivity index (χ1v) is 4.72. The number of hydrogen-bond acceptors (Lipinski definition) is 2. The summed E-state index contributed by atoms with van der Waals surface area (Å²) in [6.45, 7) is 7.80. The highest BCUT2D eigenvalue weighted by Crippen LogP contribution is 2.22. The largest absolute Gasteiger partial charge is 0.481 e. The zero-order valence-corrected chi connectivity index (χ0v) is 8.12. The Labute approximate surface area is 79.0 Å². The number of aliphatic carboxylic acids is 1. The van der Waals surface area contributed by atoms with E-state index in [0.29, 0.717) is 12.3 Å². The third-order valence-electron chi connectivity index (χ3n) is 2.62. The molecule has 0 atom stereocenters. The molecule has 3 nitrogen and oxygen atoms in total. The maximum Gasteiger partial charge on any atom is 0.303 e. The van der Waals surface area contributed by atoms with Crippen molar-refractivity contribution in [3.63, 3.8) is 0 Å². The Kier molecular flexibility index (Phi) is 3.34. The molecule has 13 heavy (non-hydrogen) atoms. The average molecular weight is 183 g/mol. The summed E-state index contributed by atoms with van der Waals surface area (Å²) in [5.74, 6) is -0.304. The first-order chi connectivity index (χ1) is 6.09. The van der Waals surface area contributed by atoms with Crippen molar-refractivity contribution in [2.75, 3.05) is 13.1 Å². The summed E-state index contributed by atoms with van der Waals surface area (Å²) in [4.78, 5) is 12.7. The first-order valence-electron chi connectivity index (χ1n) is 4.72. The van der Waals surface area contributed by atoms with Crippen LogP contribution in [-0.4, -0.2) is 29.1 Å². The third kappa shape index (κ3) is 3.09. The van der Waals surface area contributed by atoms with E-state index >= 15 is 0 Å². The zero-order chi connectivity index (χ0) is 9.84. The summed E-state index contributed by atoms with van der Waals surface area (Å²) in [5.41, 5.74) is 1.09. The maximum atomic E-state index is 10.5. The molecule has 1 aliphatic heterocycles. The lowest BCUT2D eigenvalue weighted by molar-refractivity contribution is -0.138. The summed E-state index contributed by atoms with van der Waals surface area (Å²) in [7, 11) is 0. The average Bonchev–Trinajstić information content (AvgIpc) is 2.04. The van der Waals surface area contributed by atoms with E-state index in [4.69, 9.17) is 5.11 Å². The molecule has 0 spiro atoms. The Hall–Kier alpha value is -0.990. The van der Waals surface area contributed by atoms with Gasteiger partial charge in [-0.2, -0.15) is 0 Å². The third-order valence-corrected chi connectivity index (χ3v) is 2.62. The lowest BCUT2D eigenvalue weighted by atomic mass is 9.93. The Balaban J connectivity index is 2.30. The Morgan fingerprint density at radius 1 is 1.54 bits per heavy atom. The monoisotopic (exact) mass is 183 g/mol. The van der Waals surface area contributed by atoms with E-state index in [1.165, 1.54) is 0 Å². The van der Waals surface area contributed by atoms with Gasteiger partial charge in [-0.05, 0) is 25.7 Å². The van der Waals surface area contributed by atoms with E-state index in [0.717, 1.165) is 31.6 Å². The number of rotatable bonds is 3. The molecular weight excluding hydrogens is 166 g/mol. The number of piperidine rings is 1. The highest BCUT2D eigenvalue weighted by atomic mass is 16.4. The van der Waals surface area contributed by atoms with Crippen molar-refractivity contribution in [2.45, 2.75) is 26.2 Å². The number of allylic oxidation sites excluding steroid dienone is 1. The molecule has 1 N–H and O–H groups in total. The van der Waals surface area contributed by atoms with Crippen LogP contribution >= 0.6 is 0 Å². The lowest BCUT2D eigenvalue weighted by Gasteiger charge is -2.33. The van der Waals surface area contributed by atoms with E-state index < -0.39 is 5.97 Å². The quantitative estimate of drug-likeness (QED) is 0.724. The standard InChI is InChI=1S/C10H17NO2/c1-8(2)11-5-3-9(4-6-11)7-10(12)13/h9H,1,3-7H2,2H3,(H,12,13). The van der Waals surface area contributed by atoms with Gasteiger partial charge in [0.25, 0.3) is 0 Å². The first kappa shape index (κ1) is 10.1. The van der Waals surface area contributed by atoms with Gasteiger partial charge in [0.05, 0.1) is 0 Å². The fraction of sp³-hybridized carbons (Fsp3) is 0.700. The molecule has 3 heteroatoms. The molecule has 0 aromatic heterocycles. The van der Waals surface area contributed by atoms with Crippen molar-refractivity contribution in [3.05, 3.63) is 12.3 Å². The van der Waals surface area contributed by atoms with Crippen LogP contribution in [0.3, 0.4) is 0 Å². The minimum Gasteiger partial charge on any atom is -0.481 e. The molecule has 0 radical (unpaired) electrons. The van der Waals surface area contributed by atoms with Crippen LogP contribution in [0.2, 0.25) is 0 Å². The number of carboxylic acid groups (broad SMARTS) is 1. The molecule has 0 aliphatic carbocycles. The van der Waals surface area contributed by atoms with Crippen LogP contribution in [-0.2, 0) is 4.79 Å². The second kappa shape index (κ2) is 4.30. The highest BCUT2D eigenvalue weighted by Gasteiger charge is 2.20. The van der Waals surface area contributed by atoms with Gasteiger partial charge < -0.3 is 10.0 Å². The molecule has 0 amide bonds. The Morgan fingerprint density at radius 3 is 2.46 bits per heavy atom. The number of likely N-dealkylation sites (tertiary alicyclic amines) is 1. The van der Waals surface area contributed by atoms with Crippen molar-refractivity contribution in [2.24, 2.45) is 5.92 Å². The van der Waals surface area contributed by atoms with Crippen LogP contribution in [0.25, 0.3) is 0 Å². The SMILES string of the molecule is C=C(C)N1CCC(CC(=O)O)CC1. The Morgan fingerprint density at radius 2 is 2.08 bits per heavy atom. The number of hydrogen-bond donors (Lipinski definition) is 1.